The second-order valence-corrected chi connectivity index (χ2v) is 4.95. The highest BCUT2D eigenvalue weighted by Gasteiger charge is 2.37. The average molecular weight is 257 g/mol. The quantitative estimate of drug-likeness (QED) is 0.829. The lowest BCUT2D eigenvalue weighted by atomic mass is 9.98. The number of nitriles is 1. The molecule has 1 atom stereocenters. The molecule has 1 aromatic carbocycles. The van der Waals surface area contributed by atoms with Gasteiger partial charge in [0.15, 0.2) is 0 Å². The maximum absolute atomic E-state index is 13.6. The van der Waals surface area contributed by atoms with Gasteiger partial charge in [0.2, 0.25) is 0 Å². The Morgan fingerprint density at radius 2 is 2.42 bits per heavy atom. The molecule has 3 rings (SSSR count). The third kappa shape index (κ3) is 1.95. The van der Waals surface area contributed by atoms with Crippen LogP contribution in [-0.4, -0.2) is 15.4 Å². The first-order chi connectivity index (χ1) is 9.11. The van der Waals surface area contributed by atoms with E-state index in [1.807, 2.05) is 25.3 Å². The second-order valence-electron chi connectivity index (χ2n) is 4.95. The van der Waals surface area contributed by atoms with Crippen LogP contribution < -0.4 is 4.74 Å². The van der Waals surface area contributed by atoms with E-state index in [1.165, 1.54) is 6.07 Å². The summed E-state index contributed by atoms with van der Waals surface area (Å²) < 4.78 is 21.2. The Morgan fingerprint density at radius 1 is 1.58 bits per heavy atom. The smallest absolute Gasteiger partial charge is 0.144 e. The summed E-state index contributed by atoms with van der Waals surface area (Å²) in [6, 6.07) is 6.71. The van der Waals surface area contributed by atoms with E-state index in [0.717, 1.165) is 5.56 Å². The minimum absolute atomic E-state index is 0.0123. The zero-order valence-electron chi connectivity index (χ0n) is 10.4. The lowest BCUT2D eigenvalue weighted by Gasteiger charge is -2.23. The molecular weight excluding hydrogens is 245 g/mol. The van der Waals surface area contributed by atoms with Crippen LogP contribution in [0.15, 0.2) is 30.6 Å². The first-order valence-corrected chi connectivity index (χ1v) is 5.99. The van der Waals surface area contributed by atoms with Gasteiger partial charge in [-0.2, -0.15) is 10.4 Å². The number of nitrogens with zero attached hydrogens (tertiary/aromatic N) is 3. The van der Waals surface area contributed by atoms with Crippen LogP contribution in [0, 0.1) is 17.1 Å². The van der Waals surface area contributed by atoms with Gasteiger partial charge in [-0.3, -0.25) is 4.68 Å². The van der Waals surface area contributed by atoms with Crippen LogP contribution in [-0.2, 0) is 13.0 Å². The number of hydrogen-bond donors (Lipinski definition) is 0. The Labute approximate surface area is 110 Å². The monoisotopic (exact) mass is 257 g/mol. The van der Waals surface area contributed by atoms with Gasteiger partial charge in [-0.05, 0) is 24.6 Å². The van der Waals surface area contributed by atoms with Crippen LogP contribution >= 0.6 is 0 Å². The summed E-state index contributed by atoms with van der Waals surface area (Å²) >= 11 is 0. The molecule has 4 nitrogen and oxygen atoms in total. The van der Waals surface area contributed by atoms with E-state index in [4.69, 9.17) is 10.00 Å². The Kier molecular flexibility index (Phi) is 2.53. The molecule has 1 aliphatic rings. The lowest BCUT2D eigenvalue weighted by molar-refractivity contribution is 0.0902. The Hall–Kier alpha value is -2.35. The molecule has 0 amide bonds. The molecule has 2 heterocycles. The van der Waals surface area contributed by atoms with Crippen molar-refractivity contribution in [3.8, 4) is 11.8 Å². The van der Waals surface area contributed by atoms with E-state index in [2.05, 4.69) is 5.10 Å². The normalized spacial score (nSPS) is 20.7. The van der Waals surface area contributed by atoms with Crippen LogP contribution in [0.2, 0.25) is 0 Å². The summed E-state index contributed by atoms with van der Waals surface area (Å²) in [6.45, 7) is 2.49. The molecule has 0 aliphatic carbocycles. The molecular formula is C14H12FN3O. The van der Waals surface area contributed by atoms with Gasteiger partial charge in [0.25, 0.3) is 0 Å². The summed E-state index contributed by atoms with van der Waals surface area (Å²) in [4.78, 5) is 0. The Morgan fingerprint density at radius 3 is 3.11 bits per heavy atom. The minimum atomic E-state index is -0.537. The van der Waals surface area contributed by atoms with Crippen LogP contribution in [0.1, 0.15) is 18.1 Å². The predicted octanol–water partition coefficient (Wildman–Crippen LogP) is 2.29. The number of fused-ring (bicyclic) bond motifs is 1. The van der Waals surface area contributed by atoms with Crippen molar-refractivity contribution in [2.75, 3.05) is 0 Å². The Bertz CT molecular complexity index is 660. The first-order valence-electron chi connectivity index (χ1n) is 5.99. The number of aromatic nitrogens is 2. The molecule has 0 N–H and O–H groups in total. The number of halogens is 1. The number of rotatable bonds is 2. The lowest BCUT2D eigenvalue weighted by Crippen LogP contribution is -2.35. The molecule has 0 saturated heterocycles. The van der Waals surface area contributed by atoms with Crippen LogP contribution in [0.3, 0.4) is 0 Å². The highest BCUT2D eigenvalue weighted by atomic mass is 19.1. The number of hydrogen-bond acceptors (Lipinski definition) is 3. The van der Waals surface area contributed by atoms with Crippen LogP contribution in [0.5, 0.6) is 5.75 Å². The molecule has 1 unspecified atom stereocenters. The summed E-state index contributed by atoms with van der Waals surface area (Å²) in [5.74, 6) is -0.165. The summed E-state index contributed by atoms with van der Waals surface area (Å²) in [5, 5.41) is 13.2. The van der Waals surface area contributed by atoms with Crippen molar-refractivity contribution in [3.63, 3.8) is 0 Å². The first kappa shape index (κ1) is 11.7. The molecule has 0 saturated carbocycles. The van der Waals surface area contributed by atoms with Crippen molar-refractivity contribution in [2.45, 2.75) is 25.5 Å². The standard InChI is InChI=1S/C14H12FN3O/c1-14(9-18-6-2-5-17-18)7-10-3-4-12(15)11(8-16)13(10)19-14/h2-6H,7,9H2,1H3. The van der Waals surface area contributed by atoms with Gasteiger partial charge in [-0.25, -0.2) is 4.39 Å². The van der Waals surface area contributed by atoms with E-state index < -0.39 is 11.4 Å². The SMILES string of the molecule is CC1(Cn2cccn2)Cc2ccc(F)c(C#N)c2O1. The summed E-state index contributed by atoms with van der Waals surface area (Å²) in [5.41, 5.74) is 0.350. The van der Waals surface area contributed by atoms with Gasteiger partial charge in [-0.1, -0.05) is 6.07 Å². The van der Waals surface area contributed by atoms with Crippen molar-refractivity contribution >= 4 is 0 Å². The summed E-state index contributed by atoms with van der Waals surface area (Å²) in [6.07, 6.45) is 4.19. The molecule has 0 fully saturated rings. The van der Waals surface area contributed by atoms with Gasteiger partial charge in [0.1, 0.15) is 28.8 Å². The highest BCUT2D eigenvalue weighted by Crippen LogP contribution is 2.39. The zero-order chi connectivity index (χ0) is 13.5. The topological polar surface area (TPSA) is 50.8 Å². The van der Waals surface area contributed by atoms with E-state index in [0.29, 0.717) is 18.7 Å². The third-order valence-corrected chi connectivity index (χ3v) is 3.27. The van der Waals surface area contributed by atoms with Crippen molar-refractivity contribution in [1.82, 2.24) is 9.78 Å². The van der Waals surface area contributed by atoms with Gasteiger partial charge in [-0.15, -0.1) is 0 Å². The zero-order valence-corrected chi connectivity index (χ0v) is 10.4. The minimum Gasteiger partial charge on any atom is -0.483 e. The maximum atomic E-state index is 13.6. The largest absolute Gasteiger partial charge is 0.483 e. The Balaban J connectivity index is 1.94. The molecule has 2 aromatic rings. The fourth-order valence-electron chi connectivity index (χ4n) is 2.47. The van der Waals surface area contributed by atoms with Crippen molar-refractivity contribution in [2.24, 2.45) is 0 Å². The van der Waals surface area contributed by atoms with Crippen molar-refractivity contribution in [1.29, 1.82) is 5.26 Å². The molecule has 5 heteroatoms. The van der Waals surface area contributed by atoms with E-state index in [9.17, 15) is 4.39 Å². The van der Waals surface area contributed by atoms with Crippen molar-refractivity contribution in [3.05, 3.63) is 47.5 Å². The van der Waals surface area contributed by atoms with Crippen LogP contribution in [0.25, 0.3) is 0 Å². The van der Waals surface area contributed by atoms with Gasteiger partial charge in [0, 0.05) is 18.8 Å². The summed E-state index contributed by atoms with van der Waals surface area (Å²) in [7, 11) is 0. The molecule has 0 spiro atoms. The molecule has 96 valence electrons. The molecule has 0 bridgehead atoms. The fraction of sp³-hybridized carbons (Fsp3) is 0.286. The molecule has 19 heavy (non-hydrogen) atoms. The number of benzene rings is 1. The van der Waals surface area contributed by atoms with Gasteiger partial charge >= 0.3 is 0 Å². The number of ether oxygens (including phenoxy) is 1. The van der Waals surface area contributed by atoms with E-state index in [-0.39, 0.29) is 5.56 Å². The van der Waals surface area contributed by atoms with Crippen molar-refractivity contribution < 1.29 is 9.13 Å². The average Bonchev–Trinajstić information content (AvgIpc) is 2.96. The molecule has 1 aromatic heterocycles. The fourth-order valence-corrected chi connectivity index (χ4v) is 2.47. The molecule has 0 radical (unpaired) electrons. The highest BCUT2D eigenvalue weighted by molar-refractivity contribution is 5.52. The van der Waals surface area contributed by atoms with E-state index in [1.54, 1.807) is 16.9 Å². The maximum Gasteiger partial charge on any atom is 0.144 e. The predicted molar refractivity (Wildman–Crippen MR) is 66.1 cm³/mol. The van der Waals surface area contributed by atoms with Crippen LogP contribution in [0.4, 0.5) is 4.39 Å². The molecule has 1 aliphatic heterocycles. The second kappa shape index (κ2) is 4.09. The van der Waals surface area contributed by atoms with Gasteiger partial charge < -0.3 is 4.74 Å². The van der Waals surface area contributed by atoms with Gasteiger partial charge in [0.05, 0.1) is 6.54 Å². The third-order valence-electron chi connectivity index (χ3n) is 3.27. The van der Waals surface area contributed by atoms with E-state index >= 15 is 0 Å².